The number of unbranched alkanes of at least 4 members (excludes halogenated alkanes) is 1. The predicted octanol–water partition coefficient (Wildman–Crippen LogP) is 3.05. The van der Waals surface area contributed by atoms with Crippen LogP contribution >= 0.6 is 0 Å². The van der Waals surface area contributed by atoms with Gasteiger partial charge in [0.25, 0.3) is 0 Å². The molecule has 0 aromatic heterocycles. The molecule has 1 rings (SSSR count). The highest BCUT2D eigenvalue weighted by molar-refractivity contribution is 4.61. The summed E-state index contributed by atoms with van der Waals surface area (Å²) in [6.07, 6.45) is 10.00. The summed E-state index contributed by atoms with van der Waals surface area (Å²) in [7, 11) is 0. The molecule has 0 aliphatic carbocycles. The van der Waals surface area contributed by atoms with E-state index in [1.54, 1.807) is 0 Å². The van der Waals surface area contributed by atoms with E-state index in [2.05, 4.69) is 11.8 Å². The minimum absolute atomic E-state index is 1.34. The molecule has 72 valence electrons. The summed E-state index contributed by atoms with van der Waals surface area (Å²) in [4.78, 5) is 2.66. The molecule has 0 radical (unpaired) electrons. The summed E-state index contributed by atoms with van der Waals surface area (Å²) in [5.41, 5.74) is 0. The molecule has 0 N–H and O–H groups in total. The number of likely N-dealkylation sites (tertiary alicyclic amines) is 1. The van der Waals surface area contributed by atoms with Crippen LogP contribution in [-0.2, 0) is 0 Å². The normalized spacial score (nSPS) is 21.8. The van der Waals surface area contributed by atoms with Gasteiger partial charge in [0.15, 0.2) is 0 Å². The van der Waals surface area contributed by atoms with Crippen LogP contribution in [0.1, 0.15) is 51.9 Å². The van der Waals surface area contributed by atoms with E-state index >= 15 is 0 Å². The van der Waals surface area contributed by atoms with Crippen LogP contribution < -0.4 is 0 Å². The molecule has 0 spiro atoms. The van der Waals surface area contributed by atoms with Crippen molar-refractivity contribution in [3.8, 4) is 0 Å². The zero-order chi connectivity index (χ0) is 8.65. The average Bonchev–Trinajstić information content (AvgIpc) is 2.02. The molecule has 1 saturated heterocycles. The van der Waals surface area contributed by atoms with E-state index in [0.29, 0.717) is 0 Å². The van der Waals surface area contributed by atoms with Crippen LogP contribution in [0, 0.1) is 0 Å². The first-order chi connectivity index (χ1) is 5.93. The zero-order valence-electron chi connectivity index (χ0n) is 8.52. The van der Waals surface area contributed by atoms with E-state index in [-0.39, 0.29) is 0 Å². The van der Waals surface area contributed by atoms with E-state index in [1.165, 1.54) is 64.6 Å². The summed E-state index contributed by atoms with van der Waals surface area (Å²) in [6.45, 7) is 6.35. The Balaban J connectivity index is 2.11. The van der Waals surface area contributed by atoms with E-state index in [9.17, 15) is 0 Å². The van der Waals surface area contributed by atoms with Gasteiger partial charge in [-0.1, -0.05) is 32.6 Å². The van der Waals surface area contributed by atoms with Gasteiger partial charge in [-0.15, -0.1) is 0 Å². The van der Waals surface area contributed by atoms with Crippen molar-refractivity contribution in [1.29, 1.82) is 0 Å². The minimum atomic E-state index is 1.34. The van der Waals surface area contributed by atoms with Gasteiger partial charge in [-0.3, -0.25) is 0 Å². The van der Waals surface area contributed by atoms with E-state index < -0.39 is 0 Å². The predicted molar refractivity (Wildman–Crippen MR) is 54.4 cm³/mol. The van der Waals surface area contributed by atoms with Gasteiger partial charge in [0.05, 0.1) is 0 Å². The number of rotatable bonds is 3. The molecule has 0 aromatic carbocycles. The monoisotopic (exact) mass is 169 g/mol. The van der Waals surface area contributed by atoms with Gasteiger partial charge in [0.1, 0.15) is 0 Å². The van der Waals surface area contributed by atoms with E-state index in [1.807, 2.05) is 0 Å². The second-order valence-electron chi connectivity index (χ2n) is 3.96. The number of hydrogen-bond acceptors (Lipinski definition) is 1. The van der Waals surface area contributed by atoms with Gasteiger partial charge < -0.3 is 4.90 Å². The first kappa shape index (κ1) is 10.0. The van der Waals surface area contributed by atoms with Crippen LogP contribution in [0.3, 0.4) is 0 Å². The Hall–Kier alpha value is -0.0400. The smallest absolute Gasteiger partial charge is 0.00187 e. The fourth-order valence-corrected chi connectivity index (χ4v) is 1.92. The lowest BCUT2D eigenvalue weighted by Gasteiger charge is -2.23. The van der Waals surface area contributed by atoms with Gasteiger partial charge in [0, 0.05) is 0 Å². The third-order valence-electron chi connectivity index (χ3n) is 2.78. The average molecular weight is 169 g/mol. The summed E-state index contributed by atoms with van der Waals surface area (Å²) in [5.74, 6) is 0. The summed E-state index contributed by atoms with van der Waals surface area (Å²) < 4.78 is 0. The molecule has 0 unspecified atom stereocenters. The molecule has 1 heteroatoms. The van der Waals surface area contributed by atoms with Crippen LogP contribution in [0.5, 0.6) is 0 Å². The van der Waals surface area contributed by atoms with E-state index in [0.717, 1.165) is 0 Å². The standard InChI is InChI=1S/C11H23N/c1-2-3-9-12-10-7-5-4-6-8-11-12/h2-11H2,1H3. The molecule has 1 aliphatic rings. The molecule has 1 heterocycles. The molecule has 1 aliphatic heterocycles. The van der Waals surface area contributed by atoms with Gasteiger partial charge >= 0.3 is 0 Å². The Morgan fingerprint density at radius 2 is 1.50 bits per heavy atom. The molecule has 1 fully saturated rings. The third kappa shape index (κ3) is 4.10. The largest absolute Gasteiger partial charge is 0.303 e. The van der Waals surface area contributed by atoms with Crippen molar-refractivity contribution in [3.05, 3.63) is 0 Å². The molecular formula is C11H23N. The van der Waals surface area contributed by atoms with Gasteiger partial charge in [0.2, 0.25) is 0 Å². The lowest BCUT2D eigenvalue weighted by molar-refractivity contribution is 0.244. The topological polar surface area (TPSA) is 3.24 Å². The van der Waals surface area contributed by atoms with Crippen molar-refractivity contribution in [2.24, 2.45) is 0 Å². The molecule has 12 heavy (non-hydrogen) atoms. The lowest BCUT2D eigenvalue weighted by atomic mass is 10.1. The fraction of sp³-hybridized carbons (Fsp3) is 1.00. The van der Waals surface area contributed by atoms with Crippen molar-refractivity contribution in [1.82, 2.24) is 4.90 Å². The van der Waals surface area contributed by atoms with Crippen LogP contribution in [0.2, 0.25) is 0 Å². The van der Waals surface area contributed by atoms with Crippen LogP contribution in [-0.4, -0.2) is 24.5 Å². The third-order valence-corrected chi connectivity index (χ3v) is 2.78. The SMILES string of the molecule is CCCCN1CCCCCCC1. The maximum atomic E-state index is 2.66. The molecule has 0 saturated carbocycles. The van der Waals surface area contributed by atoms with E-state index in [4.69, 9.17) is 0 Å². The summed E-state index contributed by atoms with van der Waals surface area (Å²) in [5, 5.41) is 0. The maximum absolute atomic E-state index is 2.66. The van der Waals surface area contributed by atoms with Crippen molar-refractivity contribution in [2.75, 3.05) is 19.6 Å². The fourth-order valence-electron chi connectivity index (χ4n) is 1.92. The summed E-state index contributed by atoms with van der Waals surface area (Å²) in [6, 6.07) is 0. The molecule has 0 atom stereocenters. The Morgan fingerprint density at radius 3 is 2.08 bits per heavy atom. The van der Waals surface area contributed by atoms with Crippen molar-refractivity contribution in [2.45, 2.75) is 51.9 Å². The van der Waals surface area contributed by atoms with Crippen LogP contribution in [0.4, 0.5) is 0 Å². The Bertz CT molecular complexity index is 90.4. The maximum Gasteiger partial charge on any atom is -0.00187 e. The highest BCUT2D eigenvalue weighted by Crippen LogP contribution is 2.10. The first-order valence-corrected chi connectivity index (χ1v) is 5.66. The number of nitrogens with zero attached hydrogens (tertiary/aromatic N) is 1. The van der Waals surface area contributed by atoms with Crippen molar-refractivity contribution < 1.29 is 0 Å². The summed E-state index contributed by atoms with van der Waals surface area (Å²) >= 11 is 0. The highest BCUT2D eigenvalue weighted by atomic mass is 15.1. The zero-order valence-corrected chi connectivity index (χ0v) is 8.52. The van der Waals surface area contributed by atoms with Crippen molar-refractivity contribution >= 4 is 0 Å². The van der Waals surface area contributed by atoms with Gasteiger partial charge in [-0.05, 0) is 38.9 Å². The molecular weight excluding hydrogens is 146 g/mol. The molecule has 0 amide bonds. The molecule has 1 nitrogen and oxygen atoms in total. The highest BCUT2D eigenvalue weighted by Gasteiger charge is 2.06. The van der Waals surface area contributed by atoms with Crippen molar-refractivity contribution in [3.63, 3.8) is 0 Å². The lowest BCUT2D eigenvalue weighted by Crippen LogP contribution is -2.28. The molecule has 0 aromatic rings. The van der Waals surface area contributed by atoms with Gasteiger partial charge in [-0.2, -0.15) is 0 Å². The quantitative estimate of drug-likeness (QED) is 0.627. The number of hydrogen-bond donors (Lipinski definition) is 0. The Kier molecular flexibility index (Phi) is 5.42. The second-order valence-corrected chi connectivity index (χ2v) is 3.96. The van der Waals surface area contributed by atoms with Gasteiger partial charge in [-0.25, -0.2) is 0 Å². The minimum Gasteiger partial charge on any atom is -0.303 e. The first-order valence-electron chi connectivity index (χ1n) is 5.66. The molecule has 0 bridgehead atoms. The Labute approximate surface area is 77.1 Å². The van der Waals surface area contributed by atoms with Crippen LogP contribution in [0.25, 0.3) is 0 Å². The van der Waals surface area contributed by atoms with Crippen LogP contribution in [0.15, 0.2) is 0 Å². The second kappa shape index (κ2) is 6.47. The Morgan fingerprint density at radius 1 is 0.917 bits per heavy atom.